The number of nitrogens with one attached hydrogen (secondary N) is 1. The van der Waals surface area contributed by atoms with Gasteiger partial charge in [-0.1, -0.05) is 40.0 Å². The molecular formula is C14H29N. The Morgan fingerprint density at radius 1 is 1.13 bits per heavy atom. The molecule has 15 heavy (non-hydrogen) atoms. The summed E-state index contributed by atoms with van der Waals surface area (Å²) >= 11 is 0. The third-order valence-electron chi connectivity index (χ3n) is 4.06. The molecule has 0 spiro atoms. The van der Waals surface area contributed by atoms with Crippen molar-refractivity contribution >= 4 is 0 Å². The molecule has 0 heterocycles. The zero-order chi connectivity index (χ0) is 11.1. The first-order valence-corrected chi connectivity index (χ1v) is 7.05. The Morgan fingerprint density at radius 2 is 1.93 bits per heavy atom. The van der Waals surface area contributed by atoms with E-state index in [1.165, 1.54) is 44.9 Å². The molecule has 1 heteroatoms. The molecule has 1 aliphatic rings. The van der Waals surface area contributed by atoms with Gasteiger partial charge < -0.3 is 5.32 Å². The van der Waals surface area contributed by atoms with Gasteiger partial charge in [0.2, 0.25) is 0 Å². The summed E-state index contributed by atoms with van der Waals surface area (Å²) in [4.78, 5) is 0. The molecule has 0 aromatic carbocycles. The summed E-state index contributed by atoms with van der Waals surface area (Å²) in [5, 5.41) is 3.69. The molecule has 90 valence electrons. The summed E-state index contributed by atoms with van der Waals surface area (Å²) in [6.07, 6.45) is 9.97. The van der Waals surface area contributed by atoms with E-state index in [0.717, 1.165) is 24.4 Å². The second kappa shape index (κ2) is 7.27. The van der Waals surface area contributed by atoms with E-state index in [0.29, 0.717) is 0 Å². The highest BCUT2D eigenvalue weighted by Gasteiger charge is 2.28. The summed E-state index contributed by atoms with van der Waals surface area (Å²) in [5.41, 5.74) is 0. The Bertz CT molecular complexity index is 155. The van der Waals surface area contributed by atoms with Crippen molar-refractivity contribution in [3.8, 4) is 0 Å². The average molecular weight is 211 g/mol. The number of hydrogen-bond donors (Lipinski definition) is 1. The SMILES string of the molecule is CCCCC1CC(CC)CCC1NCC. The molecule has 3 unspecified atom stereocenters. The molecule has 0 aromatic heterocycles. The van der Waals surface area contributed by atoms with Gasteiger partial charge in [-0.2, -0.15) is 0 Å². The monoisotopic (exact) mass is 211 g/mol. The van der Waals surface area contributed by atoms with Crippen LogP contribution in [-0.4, -0.2) is 12.6 Å². The minimum atomic E-state index is 0.823. The van der Waals surface area contributed by atoms with Crippen molar-refractivity contribution in [3.63, 3.8) is 0 Å². The lowest BCUT2D eigenvalue weighted by molar-refractivity contribution is 0.188. The maximum absolute atomic E-state index is 3.69. The second-order valence-electron chi connectivity index (χ2n) is 5.15. The van der Waals surface area contributed by atoms with Gasteiger partial charge in [-0.15, -0.1) is 0 Å². The van der Waals surface area contributed by atoms with Crippen LogP contribution in [0.3, 0.4) is 0 Å². The zero-order valence-electron chi connectivity index (χ0n) is 10.9. The molecule has 0 aromatic rings. The molecular weight excluding hydrogens is 182 g/mol. The molecule has 1 rings (SSSR count). The third kappa shape index (κ3) is 4.14. The first-order valence-electron chi connectivity index (χ1n) is 7.05. The first kappa shape index (κ1) is 13.0. The fraction of sp³-hybridized carbons (Fsp3) is 1.00. The van der Waals surface area contributed by atoms with Crippen molar-refractivity contribution in [1.82, 2.24) is 5.32 Å². The van der Waals surface area contributed by atoms with Gasteiger partial charge in [0.1, 0.15) is 0 Å². The third-order valence-corrected chi connectivity index (χ3v) is 4.06. The molecule has 0 aliphatic heterocycles. The van der Waals surface area contributed by atoms with E-state index in [-0.39, 0.29) is 0 Å². The molecule has 0 radical (unpaired) electrons. The van der Waals surface area contributed by atoms with Gasteiger partial charge in [-0.3, -0.25) is 0 Å². The van der Waals surface area contributed by atoms with Crippen LogP contribution in [0, 0.1) is 11.8 Å². The van der Waals surface area contributed by atoms with Crippen molar-refractivity contribution in [2.24, 2.45) is 11.8 Å². The molecule has 0 amide bonds. The van der Waals surface area contributed by atoms with Crippen LogP contribution in [0.1, 0.15) is 65.7 Å². The molecule has 1 fully saturated rings. The second-order valence-corrected chi connectivity index (χ2v) is 5.15. The van der Waals surface area contributed by atoms with Crippen LogP contribution in [0.25, 0.3) is 0 Å². The number of hydrogen-bond acceptors (Lipinski definition) is 1. The molecule has 0 bridgehead atoms. The lowest BCUT2D eigenvalue weighted by Gasteiger charge is -2.36. The summed E-state index contributed by atoms with van der Waals surface area (Å²) in [6, 6.07) is 0.823. The lowest BCUT2D eigenvalue weighted by atomic mass is 9.75. The average Bonchev–Trinajstić information content (AvgIpc) is 2.28. The molecule has 1 aliphatic carbocycles. The highest BCUT2D eigenvalue weighted by atomic mass is 14.9. The lowest BCUT2D eigenvalue weighted by Crippen LogP contribution is -2.40. The van der Waals surface area contributed by atoms with Crippen molar-refractivity contribution in [1.29, 1.82) is 0 Å². The summed E-state index contributed by atoms with van der Waals surface area (Å²) in [6.45, 7) is 8.05. The summed E-state index contributed by atoms with van der Waals surface area (Å²) in [5.74, 6) is 1.98. The van der Waals surface area contributed by atoms with E-state index < -0.39 is 0 Å². The first-order chi connectivity index (χ1) is 7.31. The van der Waals surface area contributed by atoms with E-state index in [2.05, 4.69) is 26.1 Å². The minimum Gasteiger partial charge on any atom is -0.314 e. The maximum Gasteiger partial charge on any atom is 0.00954 e. The highest BCUT2D eigenvalue weighted by molar-refractivity contribution is 4.84. The number of rotatable bonds is 6. The number of unbranched alkanes of at least 4 members (excludes halogenated alkanes) is 1. The maximum atomic E-state index is 3.69. The van der Waals surface area contributed by atoms with E-state index in [9.17, 15) is 0 Å². The highest BCUT2D eigenvalue weighted by Crippen LogP contribution is 2.34. The predicted octanol–water partition coefficient (Wildman–Crippen LogP) is 3.98. The Kier molecular flexibility index (Phi) is 6.31. The van der Waals surface area contributed by atoms with Gasteiger partial charge in [0.05, 0.1) is 0 Å². The Balaban J connectivity index is 2.40. The largest absolute Gasteiger partial charge is 0.314 e. The van der Waals surface area contributed by atoms with Crippen LogP contribution in [0.5, 0.6) is 0 Å². The van der Waals surface area contributed by atoms with Gasteiger partial charge >= 0.3 is 0 Å². The van der Waals surface area contributed by atoms with E-state index in [4.69, 9.17) is 0 Å². The molecule has 1 saturated carbocycles. The van der Waals surface area contributed by atoms with Crippen LogP contribution in [0.2, 0.25) is 0 Å². The smallest absolute Gasteiger partial charge is 0.00954 e. The van der Waals surface area contributed by atoms with Crippen LogP contribution in [0.4, 0.5) is 0 Å². The van der Waals surface area contributed by atoms with Gasteiger partial charge in [0.15, 0.2) is 0 Å². The van der Waals surface area contributed by atoms with Crippen molar-refractivity contribution in [3.05, 3.63) is 0 Å². The van der Waals surface area contributed by atoms with Crippen LogP contribution < -0.4 is 5.32 Å². The Labute approximate surface area is 96.0 Å². The van der Waals surface area contributed by atoms with Crippen molar-refractivity contribution in [2.45, 2.75) is 71.8 Å². The Morgan fingerprint density at radius 3 is 2.53 bits per heavy atom. The topological polar surface area (TPSA) is 12.0 Å². The van der Waals surface area contributed by atoms with Crippen molar-refractivity contribution < 1.29 is 0 Å². The molecule has 1 N–H and O–H groups in total. The summed E-state index contributed by atoms with van der Waals surface area (Å²) < 4.78 is 0. The summed E-state index contributed by atoms with van der Waals surface area (Å²) in [7, 11) is 0. The Hall–Kier alpha value is -0.0400. The van der Waals surface area contributed by atoms with Crippen molar-refractivity contribution in [2.75, 3.05) is 6.54 Å². The van der Waals surface area contributed by atoms with Crippen LogP contribution in [0.15, 0.2) is 0 Å². The van der Waals surface area contributed by atoms with Gasteiger partial charge in [0, 0.05) is 6.04 Å². The van der Waals surface area contributed by atoms with Gasteiger partial charge in [0.25, 0.3) is 0 Å². The molecule has 3 atom stereocenters. The molecule has 0 saturated heterocycles. The standard InChI is InChI=1S/C14H29N/c1-4-7-8-13-11-12(5-2)9-10-14(13)15-6-3/h12-15H,4-11H2,1-3H3. The predicted molar refractivity (Wildman–Crippen MR) is 68.1 cm³/mol. The van der Waals surface area contributed by atoms with E-state index in [1.807, 2.05) is 0 Å². The normalized spacial score (nSPS) is 31.8. The van der Waals surface area contributed by atoms with Gasteiger partial charge in [-0.25, -0.2) is 0 Å². The van der Waals surface area contributed by atoms with E-state index in [1.54, 1.807) is 0 Å². The molecule has 1 nitrogen and oxygen atoms in total. The zero-order valence-corrected chi connectivity index (χ0v) is 10.9. The minimum absolute atomic E-state index is 0.823. The van der Waals surface area contributed by atoms with Crippen LogP contribution >= 0.6 is 0 Å². The van der Waals surface area contributed by atoms with Crippen LogP contribution in [-0.2, 0) is 0 Å². The van der Waals surface area contributed by atoms with Gasteiger partial charge in [-0.05, 0) is 44.1 Å². The fourth-order valence-corrected chi connectivity index (χ4v) is 3.05. The van der Waals surface area contributed by atoms with E-state index >= 15 is 0 Å². The quantitative estimate of drug-likeness (QED) is 0.700. The fourth-order valence-electron chi connectivity index (χ4n) is 3.05.